The highest BCUT2D eigenvalue weighted by Crippen LogP contribution is 2.29. The lowest BCUT2D eigenvalue weighted by atomic mass is 10.0. The quantitative estimate of drug-likeness (QED) is 0.925. The summed E-state index contributed by atoms with van der Waals surface area (Å²) in [5.74, 6) is 0.146. The Morgan fingerprint density at radius 2 is 2.00 bits per heavy atom. The molecule has 3 atom stereocenters. The second-order valence-electron chi connectivity index (χ2n) is 5.38. The van der Waals surface area contributed by atoms with Gasteiger partial charge >= 0.3 is 0 Å². The number of hydrogen-bond donors (Lipinski definition) is 1. The number of amides is 1. The normalized spacial score (nSPS) is 24.2. The van der Waals surface area contributed by atoms with E-state index in [4.69, 9.17) is 17.3 Å². The van der Waals surface area contributed by atoms with Crippen molar-refractivity contribution in [2.45, 2.75) is 38.3 Å². The van der Waals surface area contributed by atoms with Crippen molar-refractivity contribution in [1.29, 1.82) is 0 Å². The topological polar surface area (TPSA) is 46.3 Å². The van der Waals surface area contributed by atoms with E-state index in [2.05, 4.69) is 0 Å². The summed E-state index contributed by atoms with van der Waals surface area (Å²) in [5.41, 5.74) is 7.10. The van der Waals surface area contributed by atoms with Crippen LogP contribution in [0.3, 0.4) is 0 Å². The molecule has 1 fully saturated rings. The summed E-state index contributed by atoms with van der Waals surface area (Å²) in [7, 11) is 1.85. The Morgan fingerprint density at radius 1 is 1.37 bits per heavy atom. The van der Waals surface area contributed by atoms with Crippen molar-refractivity contribution in [3.05, 3.63) is 34.9 Å². The average Bonchev–Trinajstić information content (AvgIpc) is 2.83. The minimum Gasteiger partial charge on any atom is -0.339 e. The van der Waals surface area contributed by atoms with Crippen molar-refractivity contribution in [3.8, 4) is 0 Å². The summed E-state index contributed by atoms with van der Waals surface area (Å²) in [6.45, 7) is 2.03. The van der Waals surface area contributed by atoms with Crippen LogP contribution in [-0.2, 0) is 4.79 Å². The van der Waals surface area contributed by atoms with E-state index >= 15 is 0 Å². The molecular weight excluding hydrogens is 260 g/mol. The molecule has 3 unspecified atom stereocenters. The third-order valence-corrected chi connectivity index (χ3v) is 4.42. The molecular formula is C15H21ClN2O. The number of nitrogens with two attached hydrogens (primary N) is 1. The van der Waals surface area contributed by atoms with E-state index in [1.54, 1.807) is 4.90 Å². The summed E-state index contributed by atoms with van der Waals surface area (Å²) in [6.07, 6.45) is 2.93. The third-order valence-electron chi connectivity index (χ3n) is 4.17. The molecule has 1 aromatic carbocycles. The lowest BCUT2D eigenvalue weighted by Gasteiger charge is -2.29. The number of benzene rings is 1. The van der Waals surface area contributed by atoms with Gasteiger partial charge in [-0.3, -0.25) is 4.79 Å². The molecule has 4 heteroatoms. The Morgan fingerprint density at radius 3 is 2.53 bits per heavy atom. The smallest absolute Gasteiger partial charge is 0.227 e. The van der Waals surface area contributed by atoms with Gasteiger partial charge in [-0.1, -0.05) is 30.2 Å². The number of hydrogen-bond acceptors (Lipinski definition) is 2. The molecule has 0 heterocycles. The molecule has 0 radical (unpaired) electrons. The molecule has 2 N–H and O–H groups in total. The van der Waals surface area contributed by atoms with Gasteiger partial charge in [0.25, 0.3) is 0 Å². The Kier molecular flexibility index (Phi) is 4.48. The maximum absolute atomic E-state index is 12.5. The second kappa shape index (κ2) is 5.93. The number of rotatable bonds is 3. The van der Waals surface area contributed by atoms with E-state index in [0.717, 1.165) is 24.8 Å². The minimum atomic E-state index is -0.0141. The first-order valence-corrected chi connectivity index (χ1v) is 7.16. The maximum Gasteiger partial charge on any atom is 0.227 e. The lowest BCUT2D eigenvalue weighted by molar-refractivity contribution is -0.136. The summed E-state index contributed by atoms with van der Waals surface area (Å²) in [6, 6.07) is 7.70. The van der Waals surface area contributed by atoms with E-state index in [1.165, 1.54) is 0 Å². The second-order valence-corrected chi connectivity index (χ2v) is 5.81. The molecule has 1 amide bonds. The van der Waals surface area contributed by atoms with Crippen LogP contribution in [-0.4, -0.2) is 23.9 Å². The van der Waals surface area contributed by atoms with E-state index < -0.39 is 0 Å². The molecule has 1 saturated carbocycles. The van der Waals surface area contributed by atoms with E-state index in [9.17, 15) is 4.79 Å². The molecule has 19 heavy (non-hydrogen) atoms. The molecule has 104 valence electrons. The Bertz CT molecular complexity index is 446. The highest BCUT2D eigenvalue weighted by atomic mass is 35.5. The van der Waals surface area contributed by atoms with Crippen LogP contribution in [0.4, 0.5) is 0 Å². The van der Waals surface area contributed by atoms with Crippen LogP contribution in [0.2, 0.25) is 5.02 Å². The monoisotopic (exact) mass is 280 g/mol. The zero-order valence-electron chi connectivity index (χ0n) is 11.5. The molecule has 0 saturated heterocycles. The van der Waals surface area contributed by atoms with Crippen LogP contribution in [0.25, 0.3) is 0 Å². The Balaban J connectivity index is 2.08. The van der Waals surface area contributed by atoms with Crippen LogP contribution < -0.4 is 5.73 Å². The number of carbonyl (C=O) groups excluding carboxylic acids is 1. The van der Waals surface area contributed by atoms with Crippen molar-refractivity contribution < 1.29 is 4.79 Å². The fourth-order valence-corrected chi connectivity index (χ4v) is 2.84. The van der Waals surface area contributed by atoms with Gasteiger partial charge in [-0.2, -0.15) is 0 Å². The summed E-state index contributed by atoms with van der Waals surface area (Å²) < 4.78 is 0. The van der Waals surface area contributed by atoms with Gasteiger partial charge in [-0.05, 0) is 37.5 Å². The molecule has 0 bridgehead atoms. The van der Waals surface area contributed by atoms with Gasteiger partial charge < -0.3 is 10.6 Å². The molecule has 0 aliphatic heterocycles. The molecule has 1 aliphatic carbocycles. The SMILES string of the molecule is CC(c1ccc(Cl)cc1)N(C)C(=O)C1CCCC1N. The predicted octanol–water partition coefficient (Wildman–Crippen LogP) is 2.99. The average molecular weight is 281 g/mol. The lowest BCUT2D eigenvalue weighted by Crippen LogP contribution is -2.40. The molecule has 0 aromatic heterocycles. The van der Waals surface area contributed by atoms with Gasteiger partial charge in [-0.15, -0.1) is 0 Å². The molecule has 3 nitrogen and oxygen atoms in total. The predicted molar refractivity (Wildman–Crippen MR) is 78.0 cm³/mol. The van der Waals surface area contributed by atoms with Crippen molar-refractivity contribution in [2.75, 3.05) is 7.05 Å². The van der Waals surface area contributed by atoms with Crippen LogP contribution in [0.15, 0.2) is 24.3 Å². The van der Waals surface area contributed by atoms with Crippen LogP contribution in [0.5, 0.6) is 0 Å². The van der Waals surface area contributed by atoms with Crippen LogP contribution in [0, 0.1) is 5.92 Å². The van der Waals surface area contributed by atoms with Gasteiger partial charge in [0.1, 0.15) is 0 Å². The zero-order valence-corrected chi connectivity index (χ0v) is 12.2. The van der Waals surface area contributed by atoms with Gasteiger partial charge in [0.15, 0.2) is 0 Å². The number of carbonyl (C=O) groups is 1. The van der Waals surface area contributed by atoms with Crippen molar-refractivity contribution >= 4 is 17.5 Å². The largest absolute Gasteiger partial charge is 0.339 e. The zero-order chi connectivity index (χ0) is 14.0. The van der Waals surface area contributed by atoms with Crippen LogP contribution >= 0.6 is 11.6 Å². The molecule has 0 spiro atoms. The van der Waals surface area contributed by atoms with Crippen molar-refractivity contribution in [3.63, 3.8) is 0 Å². The minimum absolute atomic E-state index is 0.0141. The van der Waals surface area contributed by atoms with Crippen LogP contribution in [0.1, 0.15) is 37.8 Å². The third kappa shape index (κ3) is 3.10. The van der Waals surface area contributed by atoms with Crippen molar-refractivity contribution in [1.82, 2.24) is 4.90 Å². The van der Waals surface area contributed by atoms with Gasteiger partial charge in [-0.25, -0.2) is 0 Å². The summed E-state index contributed by atoms with van der Waals surface area (Å²) in [4.78, 5) is 14.3. The van der Waals surface area contributed by atoms with Crippen molar-refractivity contribution in [2.24, 2.45) is 11.7 Å². The fourth-order valence-electron chi connectivity index (χ4n) is 2.71. The highest BCUT2D eigenvalue weighted by Gasteiger charge is 2.33. The fraction of sp³-hybridized carbons (Fsp3) is 0.533. The first kappa shape index (κ1) is 14.4. The van der Waals surface area contributed by atoms with Gasteiger partial charge in [0.05, 0.1) is 12.0 Å². The van der Waals surface area contributed by atoms with Gasteiger partial charge in [0.2, 0.25) is 5.91 Å². The summed E-state index contributed by atoms with van der Waals surface area (Å²) >= 11 is 5.88. The van der Waals surface area contributed by atoms with E-state index in [-0.39, 0.29) is 23.9 Å². The standard InChI is InChI=1S/C15H21ClN2O/c1-10(11-6-8-12(16)9-7-11)18(2)15(19)13-4-3-5-14(13)17/h6-10,13-14H,3-5,17H2,1-2H3. The Labute approximate surface area is 119 Å². The number of halogens is 1. The first-order chi connectivity index (χ1) is 9.00. The highest BCUT2D eigenvalue weighted by molar-refractivity contribution is 6.30. The maximum atomic E-state index is 12.5. The molecule has 1 aliphatic rings. The Hall–Kier alpha value is -1.06. The molecule has 2 rings (SSSR count). The molecule has 1 aromatic rings. The van der Waals surface area contributed by atoms with E-state index in [1.807, 2.05) is 38.2 Å². The van der Waals surface area contributed by atoms with E-state index in [0.29, 0.717) is 5.02 Å². The summed E-state index contributed by atoms with van der Waals surface area (Å²) in [5, 5.41) is 0.711. The number of nitrogens with zero attached hydrogens (tertiary/aromatic N) is 1. The van der Waals surface area contributed by atoms with Gasteiger partial charge in [0, 0.05) is 18.1 Å². The first-order valence-electron chi connectivity index (χ1n) is 6.78.